The molecule has 2 aliphatic rings. The third-order valence-corrected chi connectivity index (χ3v) is 5.72. The topological polar surface area (TPSA) is 71.0 Å². The second-order valence-corrected chi connectivity index (χ2v) is 7.08. The summed E-state index contributed by atoms with van der Waals surface area (Å²) < 4.78 is 16.2. The number of quaternary nitrogens is 1. The number of rotatable bonds is 3. The van der Waals surface area contributed by atoms with E-state index in [0.717, 1.165) is 22.3 Å². The first kappa shape index (κ1) is 17.0. The van der Waals surface area contributed by atoms with Crippen molar-refractivity contribution in [2.75, 3.05) is 34.9 Å². The van der Waals surface area contributed by atoms with Gasteiger partial charge in [-0.15, -0.1) is 0 Å². The molecule has 138 valence electrons. The molecule has 0 radical (unpaired) electrons. The molecule has 6 heteroatoms. The van der Waals surface area contributed by atoms with Crippen molar-refractivity contribution in [2.45, 2.75) is 18.9 Å². The molecule has 1 heterocycles. The highest BCUT2D eigenvalue weighted by atomic mass is 16.5. The summed E-state index contributed by atoms with van der Waals surface area (Å²) in [6, 6.07) is 5.40. The largest absolute Gasteiger partial charge is 0.633 e. The number of nitrogens with zero attached hydrogens (tertiary/aromatic N) is 1. The Hall–Kier alpha value is -2.44. The summed E-state index contributed by atoms with van der Waals surface area (Å²) in [5.41, 5.74) is 4.39. The number of hydrogen-bond acceptors (Lipinski definition) is 5. The molecule has 0 saturated carbocycles. The molecule has 0 saturated heterocycles. The highest BCUT2D eigenvalue weighted by Gasteiger charge is 2.42. The summed E-state index contributed by atoms with van der Waals surface area (Å²) in [7, 11) is 6.43. The van der Waals surface area contributed by atoms with Crippen molar-refractivity contribution in [3.05, 3.63) is 40.1 Å². The number of likely N-dealkylation sites (N-methyl/N-ethyl adjacent to an activating group) is 1. The molecular weight excluding hydrogens is 334 g/mol. The predicted octanol–water partition coefficient (Wildman–Crippen LogP) is 3.18. The van der Waals surface area contributed by atoms with Gasteiger partial charge < -0.3 is 29.2 Å². The first-order chi connectivity index (χ1) is 12.4. The van der Waals surface area contributed by atoms with E-state index in [1.165, 1.54) is 7.11 Å². The van der Waals surface area contributed by atoms with Gasteiger partial charge in [0.15, 0.2) is 23.0 Å². The van der Waals surface area contributed by atoms with Gasteiger partial charge in [0, 0.05) is 29.5 Å². The number of hydroxylamine groups is 3. The third-order valence-electron chi connectivity index (χ3n) is 5.72. The van der Waals surface area contributed by atoms with Crippen molar-refractivity contribution < 1.29 is 24.0 Å². The second-order valence-electron chi connectivity index (χ2n) is 7.08. The van der Waals surface area contributed by atoms with Crippen LogP contribution in [0.2, 0.25) is 0 Å². The van der Waals surface area contributed by atoms with Gasteiger partial charge in [-0.2, -0.15) is 0 Å². The first-order valence-electron chi connectivity index (χ1n) is 8.66. The fraction of sp³-hybridized carbons (Fsp3) is 0.400. The maximum Gasteiger partial charge on any atom is 0.169 e. The molecule has 0 aromatic heterocycles. The van der Waals surface area contributed by atoms with Crippen molar-refractivity contribution in [1.29, 1.82) is 0 Å². The lowest BCUT2D eigenvalue weighted by molar-refractivity contribution is -0.894. The zero-order chi connectivity index (χ0) is 18.6. The standard InChI is InChI=1S/C20H23NO5/c1-21(23)8-7-12-10-15(25-3)20(26-4)18-16(12)13(21)9-11-5-6-14(24-2)19(22)17(11)18/h5-6,10,13,22H,7-9H2,1-4H3/t13-,21?/m0/s1. The van der Waals surface area contributed by atoms with Crippen LogP contribution in [0.1, 0.15) is 22.7 Å². The summed E-state index contributed by atoms with van der Waals surface area (Å²) in [4.78, 5) is 0. The zero-order valence-corrected chi connectivity index (χ0v) is 15.5. The maximum absolute atomic E-state index is 13.2. The Bertz CT molecular complexity index is 891. The maximum atomic E-state index is 13.2. The van der Waals surface area contributed by atoms with E-state index in [9.17, 15) is 10.3 Å². The summed E-state index contributed by atoms with van der Waals surface area (Å²) in [5, 5.41) is 24.0. The average molecular weight is 357 g/mol. The molecule has 2 aromatic carbocycles. The molecule has 0 spiro atoms. The van der Waals surface area contributed by atoms with E-state index < -0.39 is 0 Å². The number of phenolic OH excluding ortho intramolecular Hbond substituents is 1. The van der Waals surface area contributed by atoms with Crippen molar-refractivity contribution in [1.82, 2.24) is 0 Å². The number of aromatic hydroxyl groups is 1. The molecule has 2 aromatic rings. The van der Waals surface area contributed by atoms with Crippen LogP contribution in [0.5, 0.6) is 23.0 Å². The SMILES string of the molecule is COc1ccc2c(c1O)-c1c(OC)c(OC)cc3c1[C@H](C2)[N+](C)([O-])CC3. The van der Waals surface area contributed by atoms with E-state index in [0.29, 0.717) is 42.2 Å². The Labute approximate surface area is 152 Å². The summed E-state index contributed by atoms with van der Waals surface area (Å²) >= 11 is 0. The van der Waals surface area contributed by atoms with Gasteiger partial charge in [0.05, 0.1) is 34.9 Å². The van der Waals surface area contributed by atoms with Gasteiger partial charge in [-0.25, -0.2) is 0 Å². The van der Waals surface area contributed by atoms with Crippen molar-refractivity contribution in [2.24, 2.45) is 0 Å². The molecule has 2 atom stereocenters. The lowest BCUT2D eigenvalue weighted by Gasteiger charge is -2.51. The van der Waals surface area contributed by atoms with Crippen LogP contribution in [-0.2, 0) is 12.8 Å². The molecule has 1 aliphatic carbocycles. The number of hydrogen-bond donors (Lipinski definition) is 1. The van der Waals surface area contributed by atoms with Crippen LogP contribution < -0.4 is 14.2 Å². The van der Waals surface area contributed by atoms with Crippen LogP contribution >= 0.6 is 0 Å². The van der Waals surface area contributed by atoms with Crippen LogP contribution in [0.3, 0.4) is 0 Å². The van der Waals surface area contributed by atoms with Crippen LogP contribution in [0, 0.1) is 5.21 Å². The number of fused-ring (bicyclic) bond motifs is 2. The lowest BCUT2D eigenvalue weighted by atomic mass is 9.76. The summed E-state index contributed by atoms with van der Waals surface area (Å²) in [5.74, 6) is 1.62. The molecule has 26 heavy (non-hydrogen) atoms. The lowest BCUT2D eigenvalue weighted by Crippen LogP contribution is -2.48. The summed E-state index contributed by atoms with van der Waals surface area (Å²) in [6.45, 7) is 0.518. The van der Waals surface area contributed by atoms with Gasteiger partial charge in [0.25, 0.3) is 0 Å². The molecule has 0 bridgehead atoms. The van der Waals surface area contributed by atoms with E-state index in [-0.39, 0.29) is 16.4 Å². The molecule has 6 nitrogen and oxygen atoms in total. The minimum atomic E-state index is -0.332. The molecule has 1 aliphatic heterocycles. The second kappa shape index (κ2) is 5.79. The molecule has 4 rings (SSSR count). The van der Waals surface area contributed by atoms with E-state index in [1.54, 1.807) is 27.3 Å². The van der Waals surface area contributed by atoms with Gasteiger partial charge in [-0.05, 0) is 23.3 Å². The normalized spacial score (nSPS) is 23.0. The molecule has 1 unspecified atom stereocenters. The Morgan fingerprint density at radius 2 is 1.77 bits per heavy atom. The van der Waals surface area contributed by atoms with Crippen molar-refractivity contribution in [3.8, 4) is 34.1 Å². The van der Waals surface area contributed by atoms with Gasteiger partial charge in [0.1, 0.15) is 6.04 Å². The summed E-state index contributed by atoms with van der Waals surface area (Å²) in [6.07, 6.45) is 1.24. The predicted molar refractivity (Wildman–Crippen MR) is 97.8 cm³/mol. The third kappa shape index (κ3) is 2.19. The number of benzene rings is 2. The number of phenols is 1. The van der Waals surface area contributed by atoms with Crippen molar-refractivity contribution in [3.63, 3.8) is 0 Å². The molecule has 0 amide bonds. The fourth-order valence-electron chi connectivity index (χ4n) is 4.40. The Balaban J connectivity index is 2.13. The highest BCUT2D eigenvalue weighted by molar-refractivity contribution is 5.88. The van der Waals surface area contributed by atoms with Crippen LogP contribution in [0.25, 0.3) is 11.1 Å². The zero-order valence-electron chi connectivity index (χ0n) is 15.5. The molecule has 1 N–H and O–H groups in total. The Kier molecular flexibility index (Phi) is 3.78. The van der Waals surface area contributed by atoms with Gasteiger partial charge in [-0.1, -0.05) is 6.07 Å². The first-order valence-corrected chi connectivity index (χ1v) is 8.66. The smallest absolute Gasteiger partial charge is 0.169 e. The van der Waals surface area contributed by atoms with E-state index in [1.807, 2.05) is 12.1 Å². The molecular formula is C20H23NO5. The van der Waals surface area contributed by atoms with Gasteiger partial charge in [-0.3, -0.25) is 0 Å². The number of methoxy groups -OCH3 is 3. The molecule has 0 fully saturated rings. The highest BCUT2D eigenvalue weighted by Crippen LogP contribution is 2.57. The van der Waals surface area contributed by atoms with Crippen LogP contribution in [0.4, 0.5) is 0 Å². The minimum Gasteiger partial charge on any atom is -0.633 e. The van der Waals surface area contributed by atoms with Crippen LogP contribution in [-0.4, -0.2) is 44.7 Å². The monoisotopic (exact) mass is 357 g/mol. The average Bonchev–Trinajstić information content (AvgIpc) is 2.64. The van der Waals surface area contributed by atoms with Gasteiger partial charge >= 0.3 is 0 Å². The van der Waals surface area contributed by atoms with E-state index in [2.05, 4.69) is 0 Å². The van der Waals surface area contributed by atoms with E-state index in [4.69, 9.17) is 14.2 Å². The van der Waals surface area contributed by atoms with Gasteiger partial charge in [0.2, 0.25) is 0 Å². The quantitative estimate of drug-likeness (QED) is 0.675. The minimum absolute atomic E-state index is 0.0721. The Morgan fingerprint density at radius 3 is 2.42 bits per heavy atom. The Morgan fingerprint density at radius 1 is 1.04 bits per heavy atom. The van der Waals surface area contributed by atoms with Crippen LogP contribution in [0.15, 0.2) is 18.2 Å². The fourth-order valence-corrected chi connectivity index (χ4v) is 4.40. The number of ether oxygens (including phenoxy) is 3. The van der Waals surface area contributed by atoms with E-state index >= 15 is 0 Å². The van der Waals surface area contributed by atoms with Crippen molar-refractivity contribution >= 4 is 0 Å².